The molecule has 0 bridgehead atoms. The van der Waals surface area contributed by atoms with Gasteiger partial charge in [-0.3, -0.25) is 29.2 Å². The summed E-state index contributed by atoms with van der Waals surface area (Å²) in [5, 5.41) is 27.0. The number of aliphatic hydroxyl groups is 2. The first kappa shape index (κ1) is 61.1. The van der Waals surface area contributed by atoms with Gasteiger partial charge in [-0.25, -0.2) is 10.9 Å². The molecule has 13 nitrogen and oxygen atoms in total. The molecule has 17 heteroatoms. The van der Waals surface area contributed by atoms with Crippen LogP contribution < -0.4 is 21.9 Å². The molecular formula is C48H75I3N7O6V. The molecule has 0 aromatic heterocycles. The number of carbonyl (C=O) groups excluding carboxylic acids is 4. The molecule has 0 saturated carbocycles. The number of nitrogens with one attached hydrogen (secondary N) is 3. The fourth-order valence-electron chi connectivity index (χ4n) is 6.35. The van der Waals surface area contributed by atoms with E-state index in [9.17, 15) is 29.4 Å². The van der Waals surface area contributed by atoms with E-state index in [2.05, 4.69) is 104 Å². The number of rotatable bonds is 25. The van der Waals surface area contributed by atoms with Crippen molar-refractivity contribution in [2.75, 3.05) is 40.3 Å². The SMILES string of the molecule is CC(C)CCC(=O)N(C)NCC(O)C(N)Cc1ccccc1.CCCN(CCC)C(=O)c1cccc(C(=O)NC(Cc2ccccc2)C(O)CNN(C)C(=O)CCC(C)C)c1.[I][V]([I])[I]. The molecule has 364 valence electrons. The van der Waals surface area contributed by atoms with Crippen LogP contribution in [0.3, 0.4) is 0 Å². The summed E-state index contributed by atoms with van der Waals surface area (Å²) in [6, 6.07) is 25.2. The number of halogens is 3. The monoisotopic (exact) mass is 1280 g/mol. The Hall–Kier alpha value is -1.89. The summed E-state index contributed by atoms with van der Waals surface area (Å²) in [6.07, 6.45) is 3.63. The number of hydrazine groups is 2. The molecule has 0 aliphatic carbocycles. The fourth-order valence-corrected chi connectivity index (χ4v) is 6.35. The van der Waals surface area contributed by atoms with Crippen molar-refractivity contribution in [3.05, 3.63) is 107 Å². The molecule has 0 aliphatic rings. The topological polar surface area (TPSA) is 181 Å². The Morgan fingerprint density at radius 3 is 1.54 bits per heavy atom. The second kappa shape index (κ2) is 35.3. The van der Waals surface area contributed by atoms with E-state index in [1.165, 1.54) is 10.0 Å². The van der Waals surface area contributed by atoms with Gasteiger partial charge < -0.3 is 26.2 Å². The van der Waals surface area contributed by atoms with Crippen LogP contribution in [0, 0.1) is 11.8 Å². The van der Waals surface area contributed by atoms with Gasteiger partial charge >= 0.3 is 64.9 Å². The number of nitrogens with zero attached hydrogens (tertiary/aromatic N) is 3. The van der Waals surface area contributed by atoms with Crippen LogP contribution in [-0.4, -0.2) is 113 Å². The van der Waals surface area contributed by atoms with Crippen LogP contribution >= 0.6 is 59.9 Å². The Morgan fingerprint density at radius 2 is 1.09 bits per heavy atom. The van der Waals surface area contributed by atoms with E-state index in [4.69, 9.17) is 5.73 Å². The van der Waals surface area contributed by atoms with Crippen molar-refractivity contribution < 1.29 is 34.3 Å². The first-order valence-electron chi connectivity index (χ1n) is 22.5. The number of benzene rings is 3. The van der Waals surface area contributed by atoms with E-state index >= 15 is 0 Å². The van der Waals surface area contributed by atoms with Gasteiger partial charge in [0.25, 0.3) is 11.8 Å². The Labute approximate surface area is 427 Å². The quantitative estimate of drug-likeness (QED) is 0.0362. The number of carbonyl (C=O) groups is 4. The van der Waals surface area contributed by atoms with Gasteiger partial charge in [0.15, 0.2) is 0 Å². The van der Waals surface area contributed by atoms with Crippen molar-refractivity contribution >= 4 is 83.6 Å². The first-order chi connectivity index (χ1) is 30.8. The summed E-state index contributed by atoms with van der Waals surface area (Å²) in [5.41, 5.74) is 14.8. The maximum absolute atomic E-state index is 13.3. The van der Waals surface area contributed by atoms with E-state index < -0.39 is 18.2 Å². The second-order valence-corrected chi connectivity index (χ2v) is 52.2. The standard InChI is InChI=1S/C31H46N4O4.C17H29N3O2.3HI.V/c1-6-18-35(19-7-2)31(39)26-15-11-14-25(21-26)30(38)33-27(20-24-12-9-8-10-13-24)28(36)22-32-34(5)29(37)17-16-23(3)4;1-13(2)9-10-17(22)20(3)19-12-16(21)15(18)11-14-7-5-4-6-8-14;;;;/h8-15,21,23,27-28,32,36H,6-7,16-20,22H2,1-5H3,(H,33,38);4-8,13,15-16,19,21H,9-12,18H2,1-3H3;3*1H;/q;;;;;+3/p-3. The summed E-state index contributed by atoms with van der Waals surface area (Å²) in [4.78, 5) is 52.2. The van der Waals surface area contributed by atoms with Crippen molar-refractivity contribution in [1.29, 1.82) is 0 Å². The van der Waals surface area contributed by atoms with E-state index in [-0.39, 0.29) is 47.7 Å². The Morgan fingerprint density at radius 1 is 0.662 bits per heavy atom. The van der Waals surface area contributed by atoms with Gasteiger partial charge in [-0.15, -0.1) is 0 Å². The molecular weight excluding hydrogens is 1200 g/mol. The Kier molecular flexibility index (Phi) is 33.2. The third kappa shape index (κ3) is 27.6. The summed E-state index contributed by atoms with van der Waals surface area (Å²) in [7, 11) is 3.32. The van der Waals surface area contributed by atoms with Crippen molar-refractivity contribution in [1.82, 2.24) is 31.1 Å². The van der Waals surface area contributed by atoms with Crippen LogP contribution in [0.4, 0.5) is 0 Å². The van der Waals surface area contributed by atoms with Crippen molar-refractivity contribution in [3.8, 4) is 0 Å². The van der Waals surface area contributed by atoms with Gasteiger partial charge in [-0.2, -0.15) is 0 Å². The summed E-state index contributed by atoms with van der Waals surface area (Å²) >= 11 is 7.39. The van der Waals surface area contributed by atoms with Crippen LogP contribution in [0.25, 0.3) is 0 Å². The number of nitrogens with two attached hydrogens (primary N) is 1. The molecule has 4 atom stereocenters. The molecule has 0 heterocycles. The third-order valence-corrected chi connectivity index (χ3v) is 10.2. The number of hydrogen-bond donors (Lipinski definition) is 6. The fraction of sp³-hybridized carbons (Fsp3) is 0.542. The Balaban J connectivity index is 0.000000682. The molecule has 0 fully saturated rings. The van der Waals surface area contributed by atoms with E-state index in [1.807, 2.05) is 79.4 Å². The zero-order chi connectivity index (χ0) is 48.9. The summed E-state index contributed by atoms with van der Waals surface area (Å²) in [6.45, 7) is 14.1. The van der Waals surface area contributed by atoms with Gasteiger partial charge in [0.05, 0.1) is 18.2 Å². The third-order valence-electron chi connectivity index (χ3n) is 10.2. The predicted molar refractivity (Wildman–Crippen MR) is 286 cm³/mol. The molecule has 0 spiro atoms. The molecule has 4 unspecified atom stereocenters. The van der Waals surface area contributed by atoms with Gasteiger partial charge in [-0.05, 0) is 79.7 Å². The molecule has 3 aromatic rings. The van der Waals surface area contributed by atoms with Crippen molar-refractivity contribution in [3.63, 3.8) is 0 Å². The molecule has 0 saturated heterocycles. The van der Waals surface area contributed by atoms with Gasteiger partial charge in [0.2, 0.25) is 11.8 Å². The Bertz CT molecular complexity index is 1780. The summed E-state index contributed by atoms with van der Waals surface area (Å²) < 4.78 is 0. The average Bonchev–Trinajstić information content (AvgIpc) is 3.28. The second-order valence-electron chi connectivity index (χ2n) is 16.8. The number of aliphatic hydroxyl groups excluding tert-OH is 2. The zero-order valence-corrected chi connectivity index (χ0v) is 47.4. The van der Waals surface area contributed by atoms with Crippen LogP contribution in [-0.2, 0) is 27.4 Å². The van der Waals surface area contributed by atoms with E-state index in [1.54, 1.807) is 38.4 Å². The van der Waals surface area contributed by atoms with Gasteiger partial charge in [0.1, 0.15) is 0 Å². The van der Waals surface area contributed by atoms with Crippen LogP contribution in [0.5, 0.6) is 0 Å². The normalized spacial score (nSPS) is 12.8. The van der Waals surface area contributed by atoms with Gasteiger partial charge in [0, 0.05) is 70.3 Å². The van der Waals surface area contributed by atoms with Crippen LogP contribution in [0.15, 0.2) is 84.9 Å². The molecule has 3 rings (SSSR count). The number of amides is 4. The first-order valence-corrected chi connectivity index (χ1v) is 36.0. The minimum atomic E-state index is -0.969. The molecule has 0 radical (unpaired) electrons. The molecule has 3 aromatic carbocycles. The van der Waals surface area contributed by atoms with Crippen molar-refractivity contribution in [2.45, 2.75) is 117 Å². The predicted octanol–water partition coefficient (Wildman–Crippen LogP) is 8.02. The average molecular weight is 1280 g/mol. The molecule has 65 heavy (non-hydrogen) atoms. The van der Waals surface area contributed by atoms with Gasteiger partial charge in [-0.1, -0.05) is 108 Å². The van der Waals surface area contributed by atoms with E-state index in [0.29, 0.717) is 61.7 Å². The minimum absolute atomic E-state index is 0.0255. The summed E-state index contributed by atoms with van der Waals surface area (Å²) in [5.74, 6) is 0.432. The van der Waals surface area contributed by atoms with Crippen molar-refractivity contribution in [2.24, 2.45) is 17.6 Å². The van der Waals surface area contributed by atoms with E-state index in [0.717, 1.165) is 36.8 Å². The zero-order valence-electron chi connectivity index (χ0n) is 39.6. The van der Waals surface area contributed by atoms with Crippen LogP contribution in [0.2, 0.25) is 0 Å². The van der Waals surface area contributed by atoms with Crippen LogP contribution in [0.1, 0.15) is 112 Å². The molecule has 0 aliphatic heterocycles. The maximum atomic E-state index is 13.3. The molecule has 7 N–H and O–H groups in total. The number of hydrogen-bond acceptors (Lipinski definition) is 9. The molecule has 4 amide bonds.